The van der Waals surface area contributed by atoms with Crippen LogP contribution in [0.25, 0.3) is 0 Å². The van der Waals surface area contributed by atoms with Gasteiger partial charge in [-0.3, -0.25) is 4.79 Å². The largest absolute Gasteiger partial charge is 0.462 e. The first-order chi connectivity index (χ1) is 13.6. The zero-order chi connectivity index (χ0) is 21.7. The Balaban J connectivity index is 2.11. The van der Waals surface area contributed by atoms with Gasteiger partial charge in [0.05, 0.1) is 12.2 Å². The molecular weight excluding hydrogens is 388 g/mol. The summed E-state index contributed by atoms with van der Waals surface area (Å²) in [6.07, 6.45) is -1.14. The zero-order valence-corrected chi connectivity index (χ0v) is 16.4. The van der Waals surface area contributed by atoms with Crippen LogP contribution in [-0.4, -0.2) is 42.0 Å². The van der Waals surface area contributed by atoms with Gasteiger partial charge in [0.1, 0.15) is 11.4 Å². The van der Waals surface area contributed by atoms with Gasteiger partial charge in [0.15, 0.2) is 6.10 Å². The van der Waals surface area contributed by atoms with Crippen LogP contribution >= 0.6 is 0 Å². The second-order valence-corrected chi connectivity index (χ2v) is 6.16. The first-order valence-corrected chi connectivity index (χ1v) is 8.82. The van der Waals surface area contributed by atoms with Gasteiger partial charge in [-0.25, -0.2) is 9.59 Å². The van der Waals surface area contributed by atoms with Gasteiger partial charge in [0.2, 0.25) is 5.78 Å². The summed E-state index contributed by atoms with van der Waals surface area (Å²) in [6.45, 7) is 3.47. The van der Waals surface area contributed by atoms with Crippen LogP contribution in [0.1, 0.15) is 56.3 Å². The van der Waals surface area contributed by atoms with Crippen molar-refractivity contribution in [3.63, 3.8) is 0 Å². The van der Waals surface area contributed by atoms with Crippen LogP contribution < -0.4 is 4.74 Å². The number of rotatable bonds is 8. The number of H-pyrrole nitrogens is 1. The quantitative estimate of drug-likeness (QED) is 0.526. The maximum Gasteiger partial charge on any atom is 0.387 e. The average molecular weight is 409 g/mol. The molecule has 1 N–H and O–H groups in total. The Kier molecular flexibility index (Phi) is 7.08. The van der Waals surface area contributed by atoms with E-state index < -0.39 is 30.4 Å². The molecule has 0 bridgehead atoms. The van der Waals surface area contributed by atoms with Crippen LogP contribution in [0.5, 0.6) is 5.75 Å². The molecule has 1 heterocycles. The Bertz CT molecular complexity index is 904. The van der Waals surface area contributed by atoms with Gasteiger partial charge in [-0.05, 0) is 57.5 Å². The highest BCUT2D eigenvalue weighted by molar-refractivity contribution is 6.02. The maximum absolute atomic E-state index is 12.5. The highest BCUT2D eigenvalue weighted by atomic mass is 19.3. The predicted octanol–water partition coefficient (Wildman–Crippen LogP) is 3.84. The molecule has 0 aliphatic rings. The fourth-order valence-electron chi connectivity index (χ4n) is 2.77. The molecule has 29 heavy (non-hydrogen) atoms. The molecular formula is C20H21F2NO6. The minimum atomic E-state index is -2.97. The lowest BCUT2D eigenvalue weighted by Gasteiger charge is -2.13. The molecule has 1 aromatic heterocycles. The number of ketones is 1. The number of aromatic amines is 1. The smallest absolute Gasteiger partial charge is 0.387 e. The van der Waals surface area contributed by atoms with Gasteiger partial charge < -0.3 is 19.2 Å². The minimum Gasteiger partial charge on any atom is -0.462 e. The van der Waals surface area contributed by atoms with Crippen LogP contribution in [0.2, 0.25) is 0 Å². The van der Waals surface area contributed by atoms with Crippen LogP contribution in [0.4, 0.5) is 8.78 Å². The summed E-state index contributed by atoms with van der Waals surface area (Å²) in [5, 5.41) is 0. The number of aryl methyl sites for hydroxylation is 1. The third-order valence-electron chi connectivity index (χ3n) is 4.14. The Morgan fingerprint density at radius 2 is 1.69 bits per heavy atom. The van der Waals surface area contributed by atoms with E-state index >= 15 is 0 Å². The average Bonchev–Trinajstić information content (AvgIpc) is 2.95. The van der Waals surface area contributed by atoms with Crippen molar-refractivity contribution in [2.24, 2.45) is 0 Å². The van der Waals surface area contributed by atoms with Crippen molar-refractivity contribution < 1.29 is 37.4 Å². The van der Waals surface area contributed by atoms with Crippen LogP contribution in [0.15, 0.2) is 24.3 Å². The van der Waals surface area contributed by atoms with Crippen LogP contribution in [0.3, 0.4) is 0 Å². The van der Waals surface area contributed by atoms with Gasteiger partial charge in [0.25, 0.3) is 0 Å². The van der Waals surface area contributed by atoms with Crippen LogP contribution in [-0.2, 0) is 9.47 Å². The molecule has 7 nitrogen and oxygen atoms in total. The number of nitrogens with one attached hydrogen (secondary N) is 1. The van der Waals surface area contributed by atoms with E-state index in [2.05, 4.69) is 9.72 Å². The molecule has 2 aromatic rings. The van der Waals surface area contributed by atoms with E-state index in [0.717, 1.165) is 0 Å². The molecule has 9 heteroatoms. The number of esters is 2. The minimum absolute atomic E-state index is 0.0471. The van der Waals surface area contributed by atoms with E-state index in [1.165, 1.54) is 31.2 Å². The monoisotopic (exact) mass is 409 g/mol. The summed E-state index contributed by atoms with van der Waals surface area (Å²) < 4.78 is 38.8. The lowest BCUT2D eigenvalue weighted by atomic mass is 10.1. The standard InChI is InChI=1S/C20H21F2NO6/c1-5-27-18(25)15-10(2)16(23-11(15)3)19(26)28-12(4)17(24)13-6-8-14(9-7-13)29-20(21)22/h6-9,12,20,23H,5H2,1-4H3/t12-/m0/s1. The van der Waals surface area contributed by atoms with Gasteiger partial charge in [-0.2, -0.15) is 8.78 Å². The number of Topliss-reactive ketones (excluding diaryl/α,β-unsaturated/α-hetero) is 1. The van der Waals surface area contributed by atoms with Crippen molar-refractivity contribution >= 4 is 17.7 Å². The van der Waals surface area contributed by atoms with E-state index in [1.54, 1.807) is 20.8 Å². The van der Waals surface area contributed by atoms with Crippen LogP contribution in [0, 0.1) is 13.8 Å². The van der Waals surface area contributed by atoms with Crippen molar-refractivity contribution in [3.8, 4) is 5.75 Å². The Morgan fingerprint density at radius 1 is 1.07 bits per heavy atom. The topological polar surface area (TPSA) is 94.7 Å². The molecule has 0 aliphatic carbocycles. The third-order valence-corrected chi connectivity index (χ3v) is 4.14. The number of aromatic nitrogens is 1. The highest BCUT2D eigenvalue weighted by Crippen LogP contribution is 2.21. The first kappa shape index (κ1) is 22.1. The number of hydrogen-bond acceptors (Lipinski definition) is 6. The molecule has 1 aromatic carbocycles. The van der Waals surface area contributed by atoms with Crippen molar-refractivity contribution in [1.29, 1.82) is 0 Å². The molecule has 0 radical (unpaired) electrons. The lowest BCUT2D eigenvalue weighted by molar-refractivity contribution is -0.0498. The number of carbonyl (C=O) groups is 3. The normalized spacial score (nSPS) is 11.8. The summed E-state index contributed by atoms with van der Waals surface area (Å²) in [6, 6.07) is 5.04. The van der Waals surface area contributed by atoms with Crippen molar-refractivity contribution in [3.05, 3.63) is 52.3 Å². The van der Waals surface area contributed by atoms with Crippen molar-refractivity contribution in [1.82, 2.24) is 4.98 Å². The first-order valence-electron chi connectivity index (χ1n) is 8.82. The molecule has 0 spiro atoms. The summed E-state index contributed by atoms with van der Waals surface area (Å²) in [5.41, 5.74) is 1.26. The molecule has 1 atom stereocenters. The number of ether oxygens (including phenoxy) is 3. The molecule has 0 fully saturated rings. The van der Waals surface area contributed by atoms with Gasteiger partial charge in [0, 0.05) is 11.3 Å². The van der Waals surface area contributed by atoms with Crippen molar-refractivity contribution in [2.75, 3.05) is 6.61 Å². The van der Waals surface area contributed by atoms with E-state index in [4.69, 9.17) is 9.47 Å². The van der Waals surface area contributed by atoms with Gasteiger partial charge in [-0.15, -0.1) is 0 Å². The fraction of sp³-hybridized carbons (Fsp3) is 0.350. The predicted molar refractivity (Wildman–Crippen MR) is 98.5 cm³/mol. The third kappa shape index (κ3) is 5.18. The number of alkyl halides is 2. The summed E-state index contributed by atoms with van der Waals surface area (Å²) in [5.74, 6) is -1.98. The molecule has 2 rings (SSSR count). The van der Waals surface area contributed by atoms with Gasteiger partial charge >= 0.3 is 18.6 Å². The number of halogens is 2. The number of carbonyl (C=O) groups excluding carboxylic acids is 3. The lowest BCUT2D eigenvalue weighted by Crippen LogP contribution is -2.25. The van der Waals surface area contributed by atoms with E-state index in [0.29, 0.717) is 11.3 Å². The Morgan fingerprint density at radius 3 is 2.24 bits per heavy atom. The number of benzene rings is 1. The van der Waals surface area contributed by atoms with Crippen molar-refractivity contribution in [2.45, 2.75) is 40.4 Å². The fourth-order valence-corrected chi connectivity index (χ4v) is 2.77. The maximum atomic E-state index is 12.5. The number of hydrogen-bond donors (Lipinski definition) is 1. The second-order valence-electron chi connectivity index (χ2n) is 6.16. The second kappa shape index (κ2) is 9.31. The molecule has 0 unspecified atom stereocenters. The molecule has 0 saturated carbocycles. The molecule has 0 saturated heterocycles. The summed E-state index contributed by atoms with van der Waals surface area (Å²) in [4.78, 5) is 39.7. The van der Waals surface area contributed by atoms with E-state index in [9.17, 15) is 23.2 Å². The van der Waals surface area contributed by atoms with E-state index in [-0.39, 0.29) is 29.2 Å². The Hall–Kier alpha value is -3.23. The van der Waals surface area contributed by atoms with E-state index in [1.807, 2.05) is 0 Å². The Labute approximate surface area is 166 Å². The SMILES string of the molecule is CCOC(=O)c1c(C)[nH]c(C(=O)O[C@@H](C)C(=O)c2ccc(OC(F)F)cc2)c1C. The summed E-state index contributed by atoms with van der Waals surface area (Å²) >= 11 is 0. The molecule has 156 valence electrons. The zero-order valence-electron chi connectivity index (χ0n) is 16.4. The molecule has 0 amide bonds. The van der Waals surface area contributed by atoms with Gasteiger partial charge in [-0.1, -0.05) is 0 Å². The summed E-state index contributed by atoms with van der Waals surface area (Å²) in [7, 11) is 0. The highest BCUT2D eigenvalue weighted by Gasteiger charge is 2.26. The molecule has 0 aliphatic heterocycles.